The summed E-state index contributed by atoms with van der Waals surface area (Å²) in [4.78, 5) is 6.69. The van der Waals surface area contributed by atoms with Crippen LogP contribution in [-0.2, 0) is 13.1 Å². The molecule has 0 aliphatic heterocycles. The SMILES string of the molecule is CN(Cc1ccc(CN)cn1)CC(C)(C)C. The van der Waals surface area contributed by atoms with Gasteiger partial charge in [0.1, 0.15) is 0 Å². The van der Waals surface area contributed by atoms with Gasteiger partial charge in [0, 0.05) is 25.8 Å². The highest BCUT2D eigenvalue weighted by molar-refractivity contribution is 5.13. The van der Waals surface area contributed by atoms with E-state index in [0.717, 1.165) is 24.3 Å². The molecule has 1 rings (SSSR count). The minimum Gasteiger partial charge on any atom is -0.326 e. The van der Waals surface area contributed by atoms with Gasteiger partial charge in [-0.15, -0.1) is 0 Å². The molecule has 0 saturated carbocycles. The molecule has 3 heteroatoms. The fourth-order valence-electron chi connectivity index (χ4n) is 1.81. The van der Waals surface area contributed by atoms with Gasteiger partial charge in [-0.25, -0.2) is 0 Å². The highest BCUT2D eigenvalue weighted by atomic mass is 15.1. The van der Waals surface area contributed by atoms with Gasteiger partial charge in [-0.1, -0.05) is 26.8 Å². The third-order valence-electron chi connectivity index (χ3n) is 2.30. The molecule has 0 radical (unpaired) electrons. The van der Waals surface area contributed by atoms with Gasteiger partial charge in [-0.05, 0) is 24.1 Å². The average molecular weight is 221 g/mol. The van der Waals surface area contributed by atoms with Crippen molar-refractivity contribution in [3.8, 4) is 0 Å². The van der Waals surface area contributed by atoms with E-state index in [1.165, 1.54) is 0 Å². The molecule has 2 N–H and O–H groups in total. The molecule has 0 amide bonds. The first-order chi connectivity index (χ1) is 7.40. The van der Waals surface area contributed by atoms with Crippen molar-refractivity contribution in [2.45, 2.75) is 33.9 Å². The monoisotopic (exact) mass is 221 g/mol. The third kappa shape index (κ3) is 4.73. The van der Waals surface area contributed by atoms with E-state index in [0.29, 0.717) is 12.0 Å². The summed E-state index contributed by atoms with van der Waals surface area (Å²) in [5, 5.41) is 0. The van der Waals surface area contributed by atoms with Gasteiger partial charge in [-0.2, -0.15) is 0 Å². The van der Waals surface area contributed by atoms with Crippen molar-refractivity contribution < 1.29 is 0 Å². The molecule has 0 saturated heterocycles. The van der Waals surface area contributed by atoms with Crippen LogP contribution in [0.2, 0.25) is 0 Å². The maximum atomic E-state index is 5.53. The van der Waals surface area contributed by atoms with Crippen LogP contribution in [0.15, 0.2) is 18.3 Å². The van der Waals surface area contributed by atoms with Gasteiger partial charge in [0.05, 0.1) is 5.69 Å². The third-order valence-corrected chi connectivity index (χ3v) is 2.30. The first-order valence-electron chi connectivity index (χ1n) is 5.73. The zero-order valence-corrected chi connectivity index (χ0v) is 10.8. The molecule has 0 aliphatic rings. The summed E-state index contributed by atoms with van der Waals surface area (Å²) in [6.45, 7) is 9.25. The molecule has 1 aromatic heterocycles. The molecule has 0 bridgehead atoms. The molecule has 1 heterocycles. The second-order valence-electron chi connectivity index (χ2n) is 5.59. The lowest BCUT2D eigenvalue weighted by molar-refractivity contribution is 0.219. The normalized spacial score (nSPS) is 12.1. The Hall–Kier alpha value is -0.930. The largest absolute Gasteiger partial charge is 0.326 e. The van der Waals surface area contributed by atoms with Gasteiger partial charge in [-0.3, -0.25) is 4.98 Å². The van der Waals surface area contributed by atoms with Crippen LogP contribution in [-0.4, -0.2) is 23.5 Å². The van der Waals surface area contributed by atoms with Crippen LogP contribution in [0.1, 0.15) is 32.0 Å². The van der Waals surface area contributed by atoms with Crippen molar-refractivity contribution in [1.29, 1.82) is 0 Å². The number of hydrogen-bond acceptors (Lipinski definition) is 3. The number of pyridine rings is 1. The van der Waals surface area contributed by atoms with E-state index in [9.17, 15) is 0 Å². The van der Waals surface area contributed by atoms with Crippen LogP contribution in [0.4, 0.5) is 0 Å². The maximum Gasteiger partial charge on any atom is 0.0544 e. The minimum absolute atomic E-state index is 0.325. The van der Waals surface area contributed by atoms with Crippen molar-refractivity contribution in [2.75, 3.05) is 13.6 Å². The van der Waals surface area contributed by atoms with Gasteiger partial charge in [0.25, 0.3) is 0 Å². The standard InChI is InChI=1S/C13H23N3/c1-13(2,3)10-16(4)9-12-6-5-11(7-14)8-15-12/h5-6,8H,7,9-10,14H2,1-4H3. The lowest BCUT2D eigenvalue weighted by atomic mass is 9.96. The molecule has 0 aliphatic carbocycles. The molecule has 0 spiro atoms. The Balaban J connectivity index is 2.53. The average Bonchev–Trinajstić information content (AvgIpc) is 2.16. The van der Waals surface area contributed by atoms with Gasteiger partial charge >= 0.3 is 0 Å². The van der Waals surface area contributed by atoms with Gasteiger partial charge < -0.3 is 10.6 Å². The first-order valence-corrected chi connectivity index (χ1v) is 5.73. The van der Waals surface area contributed by atoms with Crippen LogP contribution in [0.5, 0.6) is 0 Å². The highest BCUT2D eigenvalue weighted by Gasteiger charge is 2.13. The smallest absolute Gasteiger partial charge is 0.0544 e. The van der Waals surface area contributed by atoms with Crippen LogP contribution in [0.25, 0.3) is 0 Å². The molecule has 0 aromatic carbocycles. The molecule has 3 nitrogen and oxygen atoms in total. The molecule has 1 aromatic rings. The van der Waals surface area contributed by atoms with E-state index < -0.39 is 0 Å². The molecule has 16 heavy (non-hydrogen) atoms. The van der Waals surface area contributed by atoms with E-state index in [4.69, 9.17) is 5.73 Å². The quantitative estimate of drug-likeness (QED) is 0.845. The summed E-state index contributed by atoms with van der Waals surface area (Å²) in [7, 11) is 2.13. The molecule has 0 unspecified atom stereocenters. The molecular weight excluding hydrogens is 198 g/mol. The second kappa shape index (κ2) is 5.41. The van der Waals surface area contributed by atoms with Crippen LogP contribution in [0.3, 0.4) is 0 Å². The van der Waals surface area contributed by atoms with Gasteiger partial charge in [0.15, 0.2) is 0 Å². The van der Waals surface area contributed by atoms with Crippen molar-refractivity contribution in [1.82, 2.24) is 9.88 Å². The summed E-state index contributed by atoms with van der Waals surface area (Å²) < 4.78 is 0. The molecule has 0 atom stereocenters. The summed E-state index contributed by atoms with van der Waals surface area (Å²) >= 11 is 0. The van der Waals surface area contributed by atoms with Crippen molar-refractivity contribution in [3.63, 3.8) is 0 Å². The zero-order chi connectivity index (χ0) is 12.2. The Morgan fingerprint density at radius 2 is 2.00 bits per heavy atom. The number of aromatic nitrogens is 1. The number of nitrogens with zero attached hydrogens (tertiary/aromatic N) is 2. The minimum atomic E-state index is 0.325. The number of nitrogens with two attached hydrogens (primary N) is 1. The van der Waals surface area contributed by atoms with Crippen molar-refractivity contribution >= 4 is 0 Å². The van der Waals surface area contributed by atoms with E-state index in [-0.39, 0.29) is 0 Å². The van der Waals surface area contributed by atoms with Crippen LogP contribution < -0.4 is 5.73 Å². The van der Waals surface area contributed by atoms with E-state index in [1.807, 2.05) is 12.3 Å². The topological polar surface area (TPSA) is 42.1 Å². The molecule has 0 fully saturated rings. The van der Waals surface area contributed by atoms with Crippen molar-refractivity contribution in [2.24, 2.45) is 11.1 Å². The summed E-state index contributed by atoms with van der Waals surface area (Å²) in [6, 6.07) is 4.11. The van der Waals surface area contributed by atoms with Crippen molar-refractivity contribution in [3.05, 3.63) is 29.6 Å². The fraction of sp³-hybridized carbons (Fsp3) is 0.615. The fourth-order valence-corrected chi connectivity index (χ4v) is 1.81. The van der Waals surface area contributed by atoms with E-state index in [1.54, 1.807) is 0 Å². The maximum absolute atomic E-state index is 5.53. The number of rotatable bonds is 4. The predicted molar refractivity (Wildman–Crippen MR) is 67.9 cm³/mol. The van der Waals surface area contributed by atoms with Gasteiger partial charge in [0.2, 0.25) is 0 Å². The Morgan fingerprint density at radius 1 is 1.31 bits per heavy atom. The summed E-state index contributed by atoms with van der Waals surface area (Å²) in [5.41, 5.74) is 8.05. The molecular formula is C13H23N3. The Bertz CT molecular complexity index is 311. The summed E-state index contributed by atoms with van der Waals surface area (Å²) in [6.07, 6.45) is 1.86. The van der Waals surface area contributed by atoms with E-state index in [2.05, 4.69) is 43.8 Å². The Morgan fingerprint density at radius 3 is 2.44 bits per heavy atom. The first kappa shape index (κ1) is 13.1. The zero-order valence-electron chi connectivity index (χ0n) is 10.8. The lowest BCUT2D eigenvalue weighted by Crippen LogP contribution is -2.29. The second-order valence-corrected chi connectivity index (χ2v) is 5.59. The highest BCUT2D eigenvalue weighted by Crippen LogP contribution is 2.15. The van der Waals surface area contributed by atoms with E-state index >= 15 is 0 Å². The number of hydrogen-bond donors (Lipinski definition) is 1. The van der Waals surface area contributed by atoms with Crippen LogP contribution >= 0.6 is 0 Å². The Labute approximate surface area is 98.7 Å². The molecule has 90 valence electrons. The summed E-state index contributed by atoms with van der Waals surface area (Å²) in [5.74, 6) is 0. The Kier molecular flexibility index (Phi) is 4.44. The lowest BCUT2D eigenvalue weighted by Gasteiger charge is -2.26. The van der Waals surface area contributed by atoms with Crippen LogP contribution in [0, 0.1) is 5.41 Å². The predicted octanol–water partition coefficient (Wildman–Crippen LogP) is 2.02.